The van der Waals surface area contributed by atoms with Gasteiger partial charge in [-0.3, -0.25) is 14.9 Å². The third-order valence-electron chi connectivity index (χ3n) is 3.07. The van der Waals surface area contributed by atoms with Crippen molar-refractivity contribution in [1.29, 1.82) is 0 Å². The Kier molecular flexibility index (Phi) is 4.18. The molecule has 0 saturated carbocycles. The number of anilines is 1. The molecule has 0 aliphatic heterocycles. The van der Waals surface area contributed by atoms with Crippen molar-refractivity contribution in [3.8, 4) is 0 Å². The van der Waals surface area contributed by atoms with E-state index in [4.69, 9.17) is 5.73 Å². The fourth-order valence-corrected chi connectivity index (χ4v) is 2.00. The van der Waals surface area contributed by atoms with Crippen molar-refractivity contribution in [1.82, 2.24) is 5.32 Å². The Labute approximate surface area is 121 Å². The van der Waals surface area contributed by atoms with E-state index in [0.717, 1.165) is 5.56 Å². The first-order chi connectivity index (χ1) is 9.97. The quantitative estimate of drug-likeness (QED) is 0.512. The number of aryl methyl sites for hydroxylation is 1. The summed E-state index contributed by atoms with van der Waals surface area (Å²) >= 11 is 0. The smallest absolute Gasteiger partial charge is 0.269 e. The Hall–Kier alpha value is -2.89. The maximum absolute atomic E-state index is 12.1. The molecule has 6 nitrogen and oxygen atoms in total. The molecule has 0 aliphatic rings. The number of nitrogens with one attached hydrogen (secondary N) is 1. The van der Waals surface area contributed by atoms with Crippen LogP contribution in [0.1, 0.15) is 21.5 Å². The number of benzene rings is 2. The zero-order valence-corrected chi connectivity index (χ0v) is 11.5. The van der Waals surface area contributed by atoms with Gasteiger partial charge >= 0.3 is 0 Å². The lowest BCUT2D eigenvalue weighted by Crippen LogP contribution is -2.23. The number of nitrogens with zero attached hydrogens (tertiary/aromatic N) is 1. The van der Waals surface area contributed by atoms with Crippen molar-refractivity contribution in [3.05, 3.63) is 69.3 Å². The van der Waals surface area contributed by atoms with Crippen LogP contribution in [0.25, 0.3) is 0 Å². The molecule has 0 heterocycles. The molecule has 0 atom stereocenters. The average Bonchev–Trinajstić information content (AvgIpc) is 2.45. The van der Waals surface area contributed by atoms with E-state index in [2.05, 4.69) is 5.32 Å². The summed E-state index contributed by atoms with van der Waals surface area (Å²) in [6, 6.07) is 11.2. The fraction of sp³-hybridized carbons (Fsp3) is 0.133. The molecule has 21 heavy (non-hydrogen) atoms. The SMILES string of the molecule is Cc1cc(N)ccc1C(=O)NCc1cccc([N+](=O)[O-])c1. The summed E-state index contributed by atoms with van der Waals surface area (Å²) in [6.07, 6.45) is 0. The Balaban J connectivity index is 2.07. The van der Waals surface area contributed by atoms with Gasteiger partial charge in [0.1, 0.15) is 0 Å². The van der Waals surface area contributed by atoms with Crippen LogP contribution in [0.2, 0.25) is 0 Å². The number of amides is 1. The van der Waals surface area contributed by atoms with Crippen molar-refractivity contribution in [2.24, 2.45) is 0 Å². The highest BCUT2D eigenvalue weighted by Crippen LogP contribution is 2.14. The van der Waals surface area contributed by atoms with Gasteiger partial charge in [-0.15, -0.1) is 0 Å². The molecule has 3 N–H and O–H groups in total. The lowest BCUT2D eigenvalue weighted by molar-refractivity contribution is -0.384. The van der Waals surface area contributed by atoms with Gasteiger partial charge < -0.3 is 11.1 Å². The number of nitro benzene ring substituents is 1. The minimum atomic E-state index is -0.463. The largest absolute Gasteiger partial charge is 0.399 e. The van der Waals surface area contributed by atoms with Crippen molar-refractivity contribution < 1.29 is 9.72 Å². The second kappa shape index (κ2) is 6.04. The van der Waals surface area contributed by atoms with Crippen LogP contribution in [-0.4, -0.2) is 10.8 Å². The topological polar surface area (TPSA) is 98.3 Å². The minimum absolute atomic E-state index is 0.00501. The molecule has 0 bridgehead atoms. The summed E-state index contributed by atoms with van der Waals surface area (Å²) in [6.45, 7) is 2.03. The molecule has 108 valence electrons. The van der Waals surface area contributed by atoms with Gasteiger partial charge in [0.25, 0.3) is 11.6 Å². The number of nitro groups is 1. The van der Waals surface area contributed by atoms with Gasteiger partial charge in [-0.1, -0.05) is 12.1 Å². The van der Waals surface area contributed by atoms with E-state index < -0.39 is 4.92 Å². The second-order valence-corrected chi connectivity index (χ2v) is 4.68. The normalized spacial score (nSPS) is 10.1. The Morgan fingerprint density at radius 1 is 1.29 bits per heavy atom. The molecule has 2 rings (SSSR count). The van der Waals surface area contributed by atoms with E-state index in [1.165, 1.54) is 12.1 Å². The Morgan fingerprint density at radius 3 is 2.71 bits per heavy atom. The first-order valence-corrected chi connectivity index (χ1v) is 6.35. The van der Waals surface area contributed by atoms with Crippen LogP contribution in [-0.2, 0) is 6.54 Å². The van der Waals surface area contributed by atoms with Crippen LogP contribution < -0.4 is 11.1 Å². The average molecular weight is 285 g/mol. The number of nitrogen functional groups attached to an aromatic ring is 1. The number of hydrogen-bond donors (Lipinski definition) is 2. The molecule has 2 aromatic carbocycles. The maximum Gasteiger partial charge on any atom is 0.269 e. The van der Waals surface area contributed by atoms with Gasteiger partial charge in [-0.2, -0.15) is 0 Å². The number of hydrogen-bond acceptors (Lipinski definition) is 4. The van der Waals surface area contributed by atoms with E-state index in [0.29, 0.717) is 16.8 Å². The summed E-state index contributed by atoms with van der Waals surface area (Å²) < 4.78 is 0. The van der Waals surface area contributed by atoms with E-state index in [-0.39, 0.29) is 18.1 Å². The highest BCUT2D eigenvalue weighted by molar-refractivity contribution is 5.95. The lowest BCUT2D eigenvalue weighted by Gasteiger charge is -2.08. The molecule has 1 amide bonds. The van der Waals surface area contributed by atoms with Gasteiger partial charge in [0, 0.05) is 29.9 Å². The molecule has 0 spiro atoms. The maximum atomic E-state index is 12.1. The number of non-ortho nitro benzene ring substituents is 1. The van der Waals surface area contributed by atoms with Crippen molar-refractivity contribution in [3.63, 3.8) is 0 Å². The number of rotatable bonds is 4. The molecule has 0 aromatic heterocycles. The number of carbonyl (C=O) groups is 1. The van der Waals surface area contributed by atoms with Crippen LogP contribution in [0, 0.1) is 17.0 Å². The van der Waals surface area contributed by atoms with E-state index >= 15 is 0 Å². The molecule has 0 radical (unpaired) electrons. The van der Waals surface area contributed by atoms with Crippen LogP contribution in [0.5, 0.6) is 0 Å². The Bertz CT molecular complexity index is 698. The molecule has 0 unspecified atom stereocenters. The summed E-state index contributed by atoms with van der Waals surface area (Å²) in [4.78, 5) is 22.3. The van der Waals surface area contributed by atoms with E-state index in [9.17, 15) is 14.9 Å². The molecule has 0 aliphatic carbocycles. The highest BCUT2D eigenvalue weighted by atomic mass is 16.6. The summed E-state index contributed by atoms with van der Waals surface area (Å²) in [5, 5.41) is 13.4. The molecule has 6 heteroatoms. The van der Waals surface area contributed by atoms with E-state index in [1.807, 2.05) is 0 Å². The van der Waals surface area contributed by atoms with Crippen molar-refractivity contribution in [2.75, 3.05) is 5.73 Å². The lowest BCUT2D eigenvalue weighted by atomic mass is 10.1. The van der Waals surface area contributed by atoms with Gasteiger partial charge in [-0.05, 0) is 36.2 Å². The molecular formula is C15H15N3O3. The van der Waals surface area contributed by atoms with Crippen LogP contribution in [0.3, 0.4) is 0 Å². The van der Waals surface area contributed by atoms with Gasteiger partial charge in [-0.25, -0.2) is 0 Å². The summed E-state index contributed by atoms with van der Waals surface area (Å²) in [5.74, 6) is -0.237. The van der Waals surface area contributed by atoms with Crippen LogP contribution in [0.15, 0.2) is 42.5 Å². The van der Waals surface area contributed by atoms with Crippen molar-refractivity contribution in [2.45, 2.75) is 13.5 Å². The molecular weight excluding hydrogens is 270 g/mol. The van der Waals surface area contributed by atoms with Crippen LogP contribution in [0.4, 0.5) is 11.4 Å². The van der Waals surface area contributed by atoms with Gasteiger partial charge in [0.05, 0.1) is 4.92 Å². The van der Waals surface area contributed by atoms with E-state index in [1.54, 1.807) is 37.3 Å². The number of nitrogens with two attached hydrogens (primary N) is 1. The summed E-state index contributed by atoms with van der Waals surface area (Å²) in [7, 11) is 0. The third kappa shape index (κ3) is 3.56. The van der Waals surface area contributed by atoms with Gasteiger partial charge in [0.2, 0.25) is 0 Å². The molecule has 0 fully saturated rings. The monoisotopic (exact) mass is 285 g/mol. The predicted molar refractivity (Wildman–Crippen MR) is 79.9 cm³/mol. The predicted octanol–water partition coefficient (Wildman–Crippen LogP) is 2.42. The number of carbonyl (C=O) groups excluding carboxylic acids is 1. The first-order valence-electron chi connectivity index (χ1n) is 6.35. The highest BCUT2D eigenvalue weighted by Gasteiger charge is 2.10. The first kappa shape index (κ1) is 14.5. The minimum Gasteiger partial charge on any atom is -0.399 e. The summed E-state index contributed by atoms with van der Waals surface area (Å²) in [5.41, 5.74) is 8.24. The zero-order chi connectivity index (χ0) is 15.4. The van der Waals surface area contributed by atoms with Gasteiger partial charge in [0.15, 0.2) is 0 Å². The van der Waals surface area contributed by atoms with Crippen LogP contribution >= 0.6 is 0 Å². The zero-order valence-electron chi connectivity index (χ0n) is 11.5. The standard InChI is InChI=1S/C15H15N3O3/c1-10-7-12(16)5-6-14(10)15(19)17-9-11-3-2-4-13(8-11)18(20)21/h2-8H,9,16H2,1H3,(H,17,19). The fourth-order valence-electron chi connectivity index (χ4n) is 2.00. The second-order valence-electron chi connectivity index (χ2n) is 4.68. The molecule has 2 aromatic rings. The van der Waals surface area contributed by atoms with Crippen molar-refractivity contribution >= 4 is 17.3 Å². The Morgan fingerprint density at radius 2 is 2.05 bits per heavy atom. The molecule has 0 saturated heterocycles. The third-order valence-corrected chi connectivity index (χ3v) is 3.07.